The topological polar surface area (TPSA) is 106 Å². The summed E-state index contributed by atoms with van der Waals surface area (Å²) >= 11 is 0. The van der Waals surface area contributed by atoms with Crippen LogP contribution in [0.5, 0.6) is 5.75 Å². The van der Waals surface area contributed by atoms with Gasteiger partial charge in [0.15, 0.2) is 0 Å². The third-order valence-electron chi connectivity index (χ3n) is 4.78. The molecule has 1 saturated carbocycles. The molecular formula is C19H15FN2O4. The van der Waals surface area contributed by atoms with Gasteiger partial charge >= 0.3 is 5.97 Å². The third-order valence-corrected chi connectivity index (χ3v) is 4.78. The van der Waals surface area contributed by atoms with Gasteiger partial charge in [0.1, 0.15) is 17.1 Å². The number of nitrogens with zero attached hydrogens (tertiary/aromatic N) is 1. The van der Waals surface area contributed by atoms with E-state index in [2.05, 4.69) is 0 Å². The molecular weight excluding hydrogens is 339 g/mol. The Morgan fingerprint density at radius 1 is 1.19 bits per heavy atom. The number of aromatic hydroxyl groups is 1. The van der Waals surface area contributed by atoms with Crippen molar-refractivity contribution in [2.45, 2.75) is 18.4 Å². The maximum Gasteiger partial charge on any atom is 0.341 e. The van der Waals surface area contributed by atoms with Crippen molar-refractivity contribution in [1.29, 1.82) is 0 Å². The molecule has 1 fully saturated rings. The number of fused-ring (bicyclic) bond motifs is 1. The molecule has 0 saturated heterocycles. The van der Waals surface area contributed by atoms with Gasteiger partial charge in [-0.3, -0.25) is 4.79 Å². The third kappa shape index (κ3) is 2.44. The molecule has 1 heterocycles. The summed E-state index contributed by atoms with van der Waals surface area (Å²) in [5.74, 6) is -1.97. The number of halogens is 1. The summed E-state index contributed by atoms with van der Waals surface area (Å²) in [5.41, 5.74) is 5.35. The van der Waals surface area contributed by atoms with E-state index in [1.165, 1.54) is 29.0 Å². The molecule has 3 aromatic rings. The quantitative estimate of drug-likeness (QED) is 0.670. The number of hydrogen-bond acceptors (Lipinski definition) is 4. The summed E-state index contributed by atoms with van der Waals surface area (Å²) in [5, 5.41) is 18.8. The molecule has 7 heteroatoms. The van der Waals surface area contributed by atoms with E-state index in [0.717, 1.165) is 6.07 Å². The Labute approximate surface area is 146 Å². The predicted octanol–water partition coefficient (Wildman–Crippen LogP) is 2.48. The highest BCUT2D eigenvalue weighted by atomic mass is 19.1. The highest BCUT2D eigenvalue weighted by molar-refractivity contribution is 5.93. The van der Waals surface area contributed by atoms with E-state index >= 15 is 0 Å². The Hall–Kier alpha value is -3.19. The van der Waals surface area contributed by atoms with Crippen LogP contribution in [-0.2, 0) is 5.54 Å². The van der Waals surface area contributed by atoms with Crippen LogP contribution in [-0.4, -0.2) is 20.7 Å². The van der Waals surface area contributed by atoms with Gasteiger partial charge in [-0.25, -0.2) is 9.18 Å². The fourth-order valence-electron chi connectivity index (χ4n) is 3.11. The van der Waals surface area contributed by atoms with Gasteiger partial charge < -0.3 is 20.5 Å². The lowest BCUT2D eigenvalue weighted by atomic mass is 10.0. The second-order valence-corrected chi connectivity index (χ2v) is 6.57. The van der Waals surface area contributed by atoms with Crippen molar-refractivity contribution in [3.05, 3.63) is 69.8 Å². The van der Waals surface area contributed by atoms with E-state index in [-0.39, 0.29) is 11.1 Å². The number of nitrogens with two attached hydrogens (primary N) is 1. The minimum absolute atomic E-state index is 0.0384. The second-order valence-electron chi connectivity index (χ2n) is 6.57. The number of phenolic OH excluding ortho intramolecular Hbond substituents is 1. The highest BCUT2D eigenvalue weighted by Crippen LogP contribution is 2.44. The van der Waals surface area contributed by atoms with Crippen LogP contribution in [0.2, 0.25) is 0 Å². The van der Waals surface area contributed by atoms with Crippen LogP contribution in [0.15, 0.2) is 47.4 Å². The van der Waals surface area contributed by atoms with Gasteiger partial charge in [-0.1, -0.05) is 0 Å². The Kier molecular flexibility index (Phi) is 3.38. The van der Waals surface area contributed by atoms with Gasteiger partial charge in [0.05, 0.1) is 5.52 Å². The molecule has 2 aromatic carbocycles. The molecule has 0 spiro atoms. The van der Waals surface area contributed by atoms with Gasteiger partial charge in [0.25, 0.3) is 0 Å². The highest BCUT2D eigenvalue weighted by Gasteiger charge is 2.42. The fraction of sp³-hybridized carbons (Fsp3) is 0.158. The first-order valence-corrected chi connectivity index (χ1v) is 8.01. The minimum atomic E-state index is -1.40. The van der Waals surface area contributed by atoms with E-state index in [1.807, 2.05) is 0 Å². The zero-order chi connectivity index (χ0) is 18.6. The van der Waals surface area contributed by atoms with E-state index < -0.39 is 28.3 Å². The largest absolute Gasteiger partial charge is 0.508 e. The molecule has 26 heavy (non-hydrogen) atoms. The molecule has 132 valence electrons. The average molecular weight is 354 g/mol. The van der Waals surface area contributed by atoms with Gasteiger partial charge in [0.2, 0.25) is 5.43 Å². The number of carboxylic acids is 1. The summed E-state index contributed by atoms with van der Waals surface area (Å²) < 4.78 is 16.0. The van der Waals surface area contributed by atoms with E-state index in [1.54, 1.807) is 12.1 Å². The van der Waals surface area contributed by atoms with Crippen molar-refractivity contribution in [2.75, 3.05) is 0 Å². The molecule has 6 nitrogen and oxygen atoms in total. The Bertz CT molecular complexity index is 1120. The monoisotopic (exact) mass is 354 g/mol. The van der Waals surface area contributed by atoms with Crippen LogP contribution < -0.4 is 11.2 Å². The SMILES string of the molecule is NC1(c2cc3c(cc2F)c(=O)c(C(=O)O)cn3-c2ccc(O)cc2)CC1. The van der Waals surface area contributed by atoms with Crippen molar-refractivity contribution in [1.82, 2.24) is 4.57 Å². The van der Waals surface area contributed by atoms with Gasteiger partial charge in [-0.05, 0) is 49.2 Å². The van der Waals surface area contributed by atoms with Crippen LogP contribution in [0.1, 0.15) is 28.8 Å². The smallest absolute Gasteiger partial charge is 0.341 e. The number of hydrogen-bond donors (Lipinski definition) is 3. The number of benzene rings is 2. The van der Waals surface area contributed by atoms with Crippen molar-refractivity contribution in [3.8, 4) is 11.4 Å². The molecule has 0 unspecified atom stereocenters. The number of rotatable bonds is 3. The molecule has 0 atom stereocenters. The molecule has 1 aromatic heterocycles. The normalized spacial score (nSPS) is 15.2. The van der Waals surface area contributed by atoms with Crippen molar-refractivity contribution in [2.24, 2.45) is 5.73 Å². The first-order valence-electron chi connectivity index (χ1n) is 8.01. The zero-order valence-corrected chi connectivity index (χ0v) is 13.6. The number of carboxylic acid groups (broad SMARTS) is 1. The van der Waals surface area contributed by atoms with Crippen molar-refractivity contribution in [3.63, 3.8) is 0 Å². The van der Waals surface area contributed by atoms with Crippen LogP contribution in [0.4, 0.5) is 4.39 Å². The fourth-order valence-corrected chi connectivity index (χ4v) is 3.11. The Balaban J connectivity index is 2.10. The lowest BCUT2D eigenvalue weighted by Crippen LogP contribution is -2.23. The zero-order valence-electron chi connectivity index (χ0n) is 13.6. The van der Waals surface area contributed by atoms with E-state index in [9.17, 15) is 24.2 Å². The molecule has 1 aliphatic rings. The first-order chi connectivity index (χ1) is 12.3. The Morgan fingerprint density at radius 2 is 1.85 bits per heavy atom. The Morgan fingerprint density at radius 3 is 2.42 bits per heavy atom. The molecule has 4 N–H and O–H groups in total. The maximum atomic E-state index is 14.5. The standard InChI is InChI=1S/C19H15FN2O4/c20-15-7-12-16(8-14(15)19(21)5-6-19)22(9-13(17(12)24)18(25)26)10-1-3-11(23)4-2-10/h1-4,7-9,23H,5-6,21H2,(H,25,26). The molecule has 0 aliphatic heterocycles. The van der Waals surface area contributed by atoms with Gasteiger partial charge in [0, 0.05) is 28.4 Å². The van der Waals surface area contributed by atoms with Gasteiger partial charge in [-0.2, -0.15) is 0 Å². The van der Waals surface area contributed by atoms with E-state index in [4.69, 9.17) is 5.73 Å². The van der Waals surface area contributed by atoms with Crippen LogP contribution in [0.3, 0.4) is 0 Å². The number of phenols is 1. The summed E-state index contributed by atoms with van der Waals surface area (Å²) in [6, 6.07) is 8.60. The van der Waals surface area contributed by atoms with Gasteiger partial charge in [-0.15, -0.1) is 0 Å². The summed E-state index contributed by atoms with van der Waals surface area (Å²) in [7, 11) is 0. The second kappa shape index (κ2) is 5.40. The molecule has 0 radical (unpaired) electrons. The number of pyridine rings is 1. The van der Waals surface area contributed by atoms with Crippen LogP contribution in [0.25, 0.3) is 16.6 Å². The molecule has 4 rings (SSSR count). The molecule has 1 aliphatic carbocycles. The minimum Gasteiger partial charge on any atom is -0.508 e. The number of carbonyl (C=O) groups is 1. The molecule has 0 amide bonds. The average Bonchev–Trinajstić information content (AvgIpc) is 3.34. The van der Waals surface area contributed by atoms with E-state index in [0.29, 0.717) is 29.6 Å². The van der Waals surface area contributed by atoms with Crippen LogP contribution in [0, 0.1) is 5.82 Å². The predicted molar refractivity (Wildman–Crippen MR) is 93.2 cm³/mol. The summed E-state index contributed by atoms with van der Waals surface area (Å²) in [6.45, 7) is 0. The lowest BCUT2D eigenvalue weighted by Gasteiger charge is -2.16. The lowest BCUT2D eigenvalue weighted by molar-refractivity contribution is 0.0695. The van der Waals surface area contributed by atoms with Crippen molar-refractivity contribution < 1.29 is 19.4 Å². The summed E-state index contributed by atoms with van der Waals surface area (Å²) in [4.78, 5) is 24.0. The first kappa shape index (κ1) is 16.3. The number of aromatic carboxylic acids is 1. The molecule has 0 bridgehead atoms. The number of aromatic nitrogens is 1. The maximum absolute atomic E-state index is 14.5. The van der Waals surface area contributed by atoms with Crippen LogP contribution >= 0.6 is 0 Å². The summed E-state index contributed by atoms with van der Waals surface area (Å²) in [6.07, 6.45) is 2.50. The van der Waals surface area contributed by atoms with Crippen molar-refractivity contribution >= 4 is 16.9 Å².